The van der Waals surface area contributed by atoms with E-state index in [1.54, 1.807) is 22.9 Å². The van der Waals surface area contributed by atoms with E-state index in [1.165, 1.54) is 0 Å². The van der Waals surface area contributed by atoms with Gasteiger partial charge in [-0.3, -0.25) is 0 Å². The molecule has 7 heteroatoms. The number of hydrogen-bond donors (Lipinski definition) is 0. The quantitative estimate of drug-likeness (QED) is 0.767. The van der Waals surface area contributed by atoms with Crippen LogP contribution in [0.4, 0.5) is 0 Å². The zero-order valence-corrected chi connectivity index (χ0v) is 13.6. The van der Waals surface area contributed by atoms with Crippen molar-refractivity contribution < 1.29 is 9.53 Å². The summed E-state index contributed by atoms with van der Waals surface area (Å²) < 4.78 is 6.83. The molecular formula is C14H20N4O2S. The first-order chi connectivity index (χ1) is 10.0. The van der Waals surface area contributed by atoms with Crippen LogP contribution < -0.4 is 0 Å². The summed E-state index contributed by atoms with van der Waals surface area (Å²) >= 11 is 1.62. The number of hydrogen-bond acceptors (Lipinski definition) is 6. The largest absolute Gasteiger partial charge is 0.461 e. The normalized spacial score (nSPS) is 11.1. The molecule has 0 aromatic carbocycles. The van der Waals surface area contributed by atoms with Gasteiger partial charge < -0.3 is 4.74 Å². The molecule has 0 saturated carbocycles. The van der Waals surface area contributed by atoms with Crippen LogP contribution in [0.5, 0.6) is 0 Å². The molecule has 6 nitrogen and oxygen atoms in total. The maximum atomic E-state index is 12.0. The highest BCUT2D eigenvalue weighted by atomic mass is 32.1. The van der Waals surface area contributed by atoms with E-state index in [9.17, 15) is 4.79 Å². The van der Waals surface area contributed by atoms with Crippen LogP contribution in [0.2, 0.25) is 0 Å². The molecule has 2 rings (SSSR count). The van der Waals surface area contributed by atoms with Crippen LogP contribution in [0.1, 0.15) is 46.8 Å². The molecule has 2 heterocycles. The SMILES string of the molecule is CCOC(=O)c1nnn(Cc2cnc(C)s2)c1CC(C)C. The number of ether oxygens (including phenoxy) is 1. The lowest BCUT2D eigenvalue weighted by Crippen LogP contribution is -2.13. The minimum atomic E-state index is -0.403. The van der Waals surface area contributed by atoms with Crippen molar-refractivity contribution in [2.45, 2.75) is 40.7 Å². The van der Waals surface area contributed by atoms with Crippen LogP contribution >= 0.6 is 11.3 Å². The number of thiazole rings is 1. The first kappa shape index (κ1) is 15.6. The third kappa shape index (κ3) is 3.87. The van der Waals surface area contributed by atoms with Gasteiger partial charge in [0.1, 0.15) is 0 Å². The van der Waals surface area contributed by atoms with E-state index in [0.717, 1.165) is 22.0 Å². The average molecular weight is 308 g/mol. The van der Waals surface area contributed by atoms with E-state index in [0.29, 0.717) is 24.8 Å². The Bertz CT molecular complexity index is 618. The molecule has 0 amide bonds. The zero-order valence-electron chi connectivity index (χ0n) is 12.8. The van der Waals surface area contributed by atoms with Gasteiger partial charge in [-0.05, 0) is 26.2 Å². The molecule has 0 aliphatic carbocycles. The van der Waals surface area contributed by atoms with Crippen molar-refractivity contribution in [2.24, 2.45) is 5.92 Å². The molecule has 0 atom stereocenters. The number of esters is 1. The van der Waals surface area contributed by atoms with Gasteiger partial charge in [0.05, 0.1) is 23.9 Å². The predicted molar refractivity (Wildman–Crippen MR) is 80.5 cm³/mol. The number of carbonyl (C=O) groups excluding carboxylic acids is 1. The summed E-state index contributed by atoms with van der Waals surface area (Å²) in [5.74, 6) is -0.00138. The Morgan fingerprint density at radius 2 is 2.24 bits per heavy atom. The van der Waals surface area contributed by atoms with Gasteiger partial charge in [-0.1, -0.05) is 19.1 Å². The Kier molecular flexibility index (Phi) is 5.06. The molecule has 2 aromatic heterocycles. The van der Waals surface area contributed by atoms with Crippen LogP contribution in [0.15, 0.2) is 6.20 Å². The van der Waals surface area contributed by atoms with E-state index in [1.807, 2.05) is 13.1 Å². The van der Waals surface area contributed by atoms with Crippen LogP contribution in [-0.4, -0.2) is 32.6 Å². The van der Waals surface area contributed by atoms with Gasteiger partial charge in [-0.2, -0.15) is 0 Å². The average Bonchev–Trinajstić information content (AvgIpc) is 2.97. The third-order valence-electron chi connectivity index (χ3n) is 2.88. The number of nitrogens with zero attached hydrogens (tertiary/aromatic N) is 4. The van der Waals surface area contributed by atoms with E-state index >= 15 is 0 Å². The first-order valence-corrected chi connectivity index (χ1v) is 7.83. The molecular weight excluding hydrogens is 288 g/mol. The van der Waals surface area contributed by atoms with Crippen molar-refractivity contribution in [3.63, 3.8) is 0 Å². The maximum absolute atomic E-state index is 12.0. The Morgan fingerprint density at radius 3 is 2.81 bits per heavy atom. The fourth-order valence-electron chi connectivity index (χ4n) is 2.03. The van der Waals surface area contributed by atoms with E-state index in [4.69, 9.17) is 4.74 Å². The molecule has 2 aromatic rings. The first-order valence-electron chi connectivity index (χ1n) is 7.02. The lowest BCUT2D eigenvalue weighted by molar-refractivity contribution is 0.0517. The number of aryl methyl sites for hydroxylation is 1. The van der Waals surface area contributed by atoms with Crippen molar-refractivity contribution in [3.05, 3.63) is 27.5 Å². The van der Waals surface area contributed by atoms with Crippen LogP contribution in [-0.2, 0) is 17.7 Å². The number of aromatic nitrogens is 4. The maximum Gasteiger partial charge on any atom is 0.360 e. The molecule has 0 unspecified atom stereocenters. The summed E-state index contributed by atoms with van der Waals surface area (Å²) in [5, 5.41) is 9.15. The van der Waals surface area contributed by atoms with Crippen molar-refractivity contribution in [1.29, 1.82) is 0 Å². The summed E-state index contributed by atoms with van der Waals surface area (Å²) in [6.07, 6.45) is 2.57. The van der Waals surface area contributed by atoms with Gasteiger partial charge in [0.15, 0.2) is 5.69 Å². The smallest absolute Gasteiger partial charge is 0.360 e. The minimum Gasteiger partial charge on any atom is -0.461 e. The highest BCUT2D eigenvalue weighted by molar-refractivity contribution is 7.11. The molecule has 0 aliphatic rings. The molecule has 0 radical (unpaired) electrons. The molecule has 0 bridgehead atoms. The minimum absolute atomic E-state index is 0.326. The summed E-state index contributed by atoms with van der Waals surface area (Å²) in [5.41, 5.74) is 1.15. The van der Waals surface area contributed by atoms with Gasteiger partial charge in [0, 0.05) is 11.1 Å². The summed E-state index contributed by atoms with van der Waals surface area (Å²) in [4.78, 5) is 17.3. The standard InChI is InChI=1S/C14H20N4O2S/c1-5-20-14(19)13-12(6-9(2)3)18(17-16-13)8-11-7-15-10(4)21-11/h7,9H,5-6,8H2,1-4H3. The highest BCUT2D eigenvalue weighted by Gasteiger charge is 2.21. The molecule has 0 aliphatic heterocycles. The van der Waals surface area contributed by atoms with Crippen molar-refractivity contribution in [1.82, 2.24) is 20.0 Å². The van der Waals surface area contributed by atoms with Gasteiger partial charge in [-0.15, -0.1) is 16.4 Å². The summed E-state index contributed by atoms with van der Waals surface area (Å²) in [6, 6.07) is 0. The van der Waals surface area contributed by atoms with Crippen LogP contribution in [0, 0.1) is 12.8 Å². The fraction of sp³-hybridized carbons (Fsp3) is 0.571. The molecule has 0 spiro atoms. The Hall–Kier alpha value is -1.76. The topological polar surface area (TPSA) is 69.9 Å². The van der Waals surface area contributed by atoms with E-state index in [-0.39, 0.29) is 0 Å². The van der Waals surface area contributed by atoms with Gasteiger partial charge in [-0.25, -0.2) is 14.5 Å². The lowest BCUT2D eigenvalue weighted by atomic mass is 10.1. The van der Waals surface area contributed by atoms with Crippen LogP contribution in [0.3, 0.4) is 0 Å². The second-order valence-electron chi connectivity index (χ2n) is 5.21. The summed E-state index contributed by atoms with van der Waals surface area (Å²) in [6.45, 7) is 8.87. The number of carbonyl (C=O) groups is 1. The van der Waals surface area contributed by atoms with Gasteiger partial charge in [0.2, 0.25) is 0 Å². The summed E-state index contributed by atoms with van der Waals surface area (Å²) in [7, 11) is 0. The van der Waals surface area contributed by atoms with Gasteiger partial charge in [0.25, 0.3) is 0 Å². The van der Waals surface area contributed by atoms with Gasteiger partial charge >= 0.3 is 5.97 Å². The van der Waals surface area contributed by atoms with E-state index < -0.39 is 5.97 Å². The van der Waals surface area contributed by atoms with E-state index in [2.05, 4.69) is 29.1 Å². The molecule has 0 fully saturated rings. The van der Waals surface area contributed by atoms with Crippen molar-refractivity contribution >= 4 is 17.3 Å². The Morgan fingerprint density at radius 1 is 1.48 bits per heavy atom. The lowest BCUT2D eigenvalue weighted by Gasteiger charge is -2.09. The van der Waals surface area contributed by atoms with Crippen LogP contribution in [0.25, 0.3) is 0 Å². The predicted octanol–water partition coefficient (Wildman–Crippen LogP) is 2.47. The second-order valence-corrected chi connectivity index (χ2v) is 6.53. The second kappa shape index (κ2) is 6.80. The Labute approximate surface area is 128 Å². The highest BCUT2D eigenvalue weighted by Crippen LogP contribution is 2.17. The van der Waals surface area contributed by atoms with Crippen molar-refractivity contribution in [2.75, 3.05) is 6.61 Å². The third-order valence-corrected chi connectivity index (χ3v) is 3.78. The number of rotatable bonds is 6. The molecule has 114 valence electrons. The molecule has 0 saturated heterocycles. The molecule has 0 N–H and O–H groups in total. The zero-order chi connectivity index (χ0) is 15.4. The molecule has 21 heavy (non-hydrogen) atoms. The van der Waals surface area contributed by atoms with Crippen molar-refractivity contribution in [3.8, 4) is 0 Å². The monoisotopic (exact) mass is 308 g/mol. The Balaban J connectivity index is 2.29. The fourth-order valence-corrected chi connectivity index (χ4v) is 2.81.